The Balaban J connectivity index is 1.65. The number of unbranched alkanes of at least 4 members (excludes halogenated alkanes) is 1. The van der Waals surface area contributed by atoms with Crippen LogP contribution >= 0.6 is 0 Å². The first-order valence-corrected chi connectivity index (χ1v) is 11.9. The number of amides is 4. The Kier molecular flexibility index (Phi) is 8.57. The normalized spacial score (nSPS) is 13.6. The minimum Gasteiger partial charge on any atom is -0.354 e. The summed E-state index contributed by atoms with van der Waals surface area (Å²) in [4.78, 5) is 53.9. The van der Waals surface area contributed by atoms with Gasteiger partial charge in [0.15, 0.2) is 0 Å². The number of hydrogen-bond donors (Lipinski definition) is 1. The Labute approximate surface area is 201 Å². The number of benzene rings is 2. The highest BCUT2D eigenvalue weighted by Gasteiger charge is 2.35. The van der Waals surface area contributed by atoms with Gasteiger partial charge in [-0.2, -0.15) is 0 Å². The molecule has 0 aliphatic carbocycles. The summed E-state index contributed by atoms with van der Waals surface area (Å²) in [7, 11) is 0. The van der Waals surface area contributed by atoms with Crippen LogP contribution in [0.4, 0.5) is 0 Å². The van der Waals surface area contributed by atoms with Crippen molar-refractivity contribution in [1.82, 2.24) is 15.1 Å². The van der Waals surface area contributed by atoms with Crippen LogP contribution in [0.15, 0.2) is 48.5 Å². The van der Waals surface area contributed by atoms with Crippen molar-refractivity contribution in [2.45, 2.75) is 59.0 Å². The number of nitrogens with one attached hydrogen (secondary N) is 1. The lowest BCUT2D eigenvalue weighted by atomic mass is 10.1. The highest BCUT2D eigenvalue weighted by molar-refractivity contribution is 6.21. The zero-order valence-electron chi connectivity index (χ0n) is 20.2. The zero-order chi connectivity index (χ0) is 24.7. The maximum Gasteiger partial charge on any atom is 0.261 e. The molecule has 4 amide bonds. The molecule has 1 aliphatic heterocycles. The van der Waals surface area contributed by atoms with E-state index in [9.17, 15) is 19.2 Å². The van der Waals surface area contributed by atoms with Crippen molar-refractivity contribution in [2.75, 3.05) is 13.1 Å². The maximum absolute atomic E-state index is 13.2. The van der Waals surface area contributed by atoms with Gasteiger partial charge in [0, 0.05) is 26.1 Å². The van der Waals surface area contributed by atoms with Crippen molar-refractivity contribution in [3.8, 4) is 0 Å². The van der Waals surface area contributed by atoms with Crippen molar-refractivity contribution in [1.29, 1.82) is 0 Å². The molecular weight excluding hydrogens is 430 g/mol. The second kappa shape index (κ2) is 11.6. The van der Waals surface area contributed by atoms with Gasteiger partial charge in [-0.1, -0.05) is 55.3 Å². The summed E-state index contributed by atoms with van der Waals surface area (Å²) >= 11 is 0. The van der Waals surface area contributed by atoms with Crippen LogP contribution in [0.1, 0.15) is 71.4 Å². The number of carbonyl (C=O) groups is 4. The molecule has 0 fully saturated rings. The molecule has 0 bridgehead atoms. The van der Waals surface area contributed by atoms with E-state index in [0.717, 1.165) is 24.0 Å². The van der Waals surface area contributed by atoms with Crippen molar-refractivity contribution >= 4 is 23.6 Å². The van der Waals surface area contributed by atoms with Crippen LogP contribution in [0.5, 0.6) is 0 Å². The first-order valence-electron chi connectivity index (χ1n) is 11.9. The van der Waals surface area contributed by atoms with Gasteiger partial charge in [-0.05, 0) is 44.4 Å². The number of carbonyl (C=O) groups excluding carboxylic acids is 4. The van der Waals surface area contributed by atoms with Crippen molar-refractivity contribution in [3.63, 3.8) is 0 Å². The molecule has 1 atom stereocenters. The van der Waals surface area contributed by atoms with Gasteiger partial charge in [-0.3, -0.25) is 24.1 Å². The summed E-state index contributed by atoms with van der Waals surface area (Å²) in [5.74, 6) is -1.02. The molecule has 3 rings (SSSR count). The maximum atomic E-state index is 13.2. The predicted molar refractivity (Wildman–Crippen MR) is 130 cm³/mol. The molecule has 7 heteroatoms. The van der Waals surface area contributed by atoms with E-state index in [2.05, 4.69) is 12.2 Å². The number of fused-ring (bicyclic) bond motifs is 1. The monoisotopic (exact) mass is 463 g/mol. The second-order valence-electron chi connectivity index (χ2n) is 8.74. The van der Waals surface area contributed by atoms with Gasteiger partial charge in [-0.15, -0.1) is 0 Å². The van der Waals surface area contributed by atoms with Gasteiger partial charge in [0.1, 0.15) is 6.04 Å². The Morgan fingerprint density at radius 2 is 1.68 bits per heavy atom. The molecule has 7 nitrogen and oxygen atoms in total. The van der Waals surface area contributed by atoms with E-state index in [1.54, 1.807) is 36.1 Å². The average molecular weight is 464 g/mol. The smallest absolute Gasteiger partial charge is 0.261 e. The molecule has 2 aromatic rings. The Morgan fingerprint density at radius 1 is 1.00 bits per heavy atom. The molecule has 1 heterocycles. The molecule has 0 saturated carbocycles. The average Bonchev–Trinajstić information content (AvgIpc) is 3.07. The summed E-state index contributed by atoms with van der Waals surface area (Å²) in [6.45, 7) is 6.82. The van der Waals surface area contributed by atoms with E-state index in [1.807, 2.05) is 31.2 Å². The van der Waals surface area contributed by atoms with Crippen LogP contribution in [-0.2, 0) is 16.1 Å². The standard InChI is InChI=1S/C27H33N3O4/c1-4-5-15-28-25(32)20(3)30(18-21-11-8-10-19(2)17-21)24(31)14-9-16-29-26(33)22-12-6-7-13-23(22)27(29)34/h6-8,10-13,17,20H,4-5,9,14-16,18H2,1-3H3,(H,28,32). The fourth-order valence-electron chi connectivity index (χ4n) is 4.10. The summed E-state index contributed by atoms with van der Waals surface area (Å²) < 4.78 is 0. The highest BCUT2D eigenvalue weighted by Crippen LogP contribution is 2.23. The summed E-state index contributed by atoms with van der Waals surface area (Å²) in [6.07, 6.45) is 2.31. The molecule has 2 aromatic carbocycles. The van der Waals surface area contributed by atoms with Crippen LogP contribution in [0, 0.1) is 6.92 Å². The summed E-state index contributed by atoms with van der Waals surface area (Å²) in [5.41, 5.74) is 2.83. The SMILES string of the molecule is CCCCNC(=O)C(C)N(Cc1cccc(C)c1)C(=O)CCCN1C(=O)c2ccccc2C1=O. The van der Waals surface area contributed by atoms with E-state index >= 15 is 0 Å². The van der Waals surface area contributed by atoms with Gasteiger partial charge in [-0.25, -0.2) is 0 Å². The van der Waals surface area contributed by atoms with Gasteiger partial charge >= 0.3 is 0 Å². The van der Waals surface area contributed by atoms with E-state index < -0.39 is 6.04 Å². The third-order valence-electron chi connectivity index (χ3n) is 6.08. The fourth-order valence-corrected chi connectivity index (χ4v) is 4.10. The lowest BCUT2D eigenvalue weighted by molar-refractivity contribution is -0.140. The number of aryl methyl sites for hydroxylation is 1. The van der Waals surface area contributed by atoms with E-state index in [4.69, 9.17) is 0 Å². The minimum atomic E-state index is -0.635. The lowest BCUT2D eigenvalue weighted by Gasteiger charge is -2.29. The molecule has 1 unspecified atom stereocenters. The quantitative estimate of drug-likeness (QED) is 0.407. The molecule has 0 spiro atoms. The molecular formula is C27H33N3O4. The van der Waals surface area contributed by atoms with E-state index in [-0.39, 0.29) is 36.6 Å². The molecule has 1 aliphatic rings. The van der Waals surface area contributed by atoms with Crippen LogP contribution in [0.3, 0.4) is 0 Å². The number of hydrogen-bond acceptors (Lipinski definition) is 4. The molecule has 180 valence electrons. The van der Waals surface area contributed by atoms with Gasteiger partial charge in [0.2, 0.25) is 11.8 Å². The first-order chi connectivity index (χ1) is 16.3. The largest absolute Gasteiger partial charge is 0.354 e. The van der Waals surface area contributed by atoms with Crippen molar-refractivity contribution < 1.29 is 19.2 Å². The lowest BCUT2D eigenvalue weighted by Crippen LogP contribution is -2.48. The topological polar surface area (TPSA) is 86.8 Å². The predicted octanol–water partition coefficient (Wildman–Crippen LogP) is 3.70. The molecule has 1 N–H and O–H groups in total. The highest BCUT2D eigenvalue weighted by atomic mass is 16.2. The van der Waals surface area contributed by atoms with Gasteiger partial charge in [0.25, 0.3) is 11.8 Å². The van der Waals surface area contributed by atoms with Crippen LogP contribution in [0.2, 0.25) is 0 Å². The Morgan fingerprint density at radius 3 is 2.29 bits per heavy atom. The third-order valence-corrected chi connectivity index (χ3v) is 6.08. The van der Waals surface area contributed by atoms with E-state index in [1.165, 1.54) is 4.90 Å². The summed E-state index contributed by atoms with van der Waals surface area (Å²) in [5, 5.41) is 2.91. The molecule has 34 heavy (non-hydrogen) atoms. The van der Waals surface area contributed by atoms with Crippen LogP contribution in [-0.4, -0.2) is 52.6 Å². The Hall–Kier alpha value is -3.48. The zero-order valence-corrected chi connectivity index (χ0v) is 20.2. The minimum absolute atomic E-state index is 0.131. The molecule has 0 aromatic heterocycles. The third kappa shape index (κ3) is 5.90. The number of imide groups is 1. The van der Waals surface area contributed by atoms with E-state index in [0.29, 0.717) is 30.6 Å². The number of rotatable bonds is 11. The van der Waals surface area contributed by atoms with Gasteiger partial charge in [0.05, 0.1) is 11.1 Å². The molecule has 0 saturated heterocycles. The van der Waals surface area contributed by atoms with Crippen molar-refractivity contribution in [2.24, 2.45) is 0 Å². The molecule has 0 radical (unpaired) electrons. The van der Waals surface area contributed by atoms with Gasteiger partial charge < -0.3 is 10.2 Å². The first kappa shape index (κ1) is 25.1. The van der Waals surface area contributed by atoms with Crippen LogP contribution in [0.25, 0.3) is 0 Å². The summed E-state index contributed by atoms with van der Waals surface area (Å²) in [6, 6.07) is 14.0. The number of nitrogens with zero attached hydrogens (tertiary/aromatic N) is 2. The second-order valence-corrected chi connectivity index (χ2v) is 8.74. The Bertz CT molecular complexity index is 1030. The van der Waals surface area contributed by atoms with Crippen molar-refractivity contribution in [3.05, 3.63) is 70.8 Å². The fraction of sp³-hybridized carbons (Fsp3) is 0.407. The van der Waals surface area contributed by atoms with Crippen LogP contribution < -0.4 is 5.32 Å².